The number of amides is 2. The highest BCUT2D eigenvalue weighted by Crippen LogP contribution is 2.24. The molecule has 1 fully saturated rings. The Balaban J connectivity index is 1.32. The number of carbonyl (C=O) groups excluding carboxylic acids is 3. The number of rotatable bonds is 7. The molecule has 0 radical (unpaired) electrons. The second kappa shape index (κ2) is 9.98. The van der Waals surface area contributed by atoms with E-state index in [1.807, 2.05) is 12.1 Å². The Morgan fingerprint density at radius 1 is 0.969 bits per heavy atom. The van der Waals surface area contributed by atoms with Crippen LogP contribution in [0.4, 0.5) is 5.69 Å². The predicted molar refractivity (Wildman–Crippen MR) is 123 cm³/mol. The van der Waals surface area contributed by atoms with E-state index < -0.39 is 6.04 Å². The maximum absolute atomic E-state index is 12.8. The van der Waals surface area contributed by atoms with Crippen molar-refractivity contribution in [3.63, 3.8) is 0 Å². The van der Waals surface area contributed by atoms with Gasteiger partial charge in [0.25, 0.3) is 0 Å². The summed E-state index contributed by atoms with van der Waals surface area (Å²) in [4.78, 5) is 39.9. The van der Waals surface area contributed by atoms with E-state index in [0.717, 1.165) is 25.7 Å². The number of Topliss-reactive ketones (excluding diaryl/α,β-unsaturated/α-hetero) is 1. The van der Waals surface area contributed by atoms with Crippen LogP contribution >= 0.6 is 0 Å². The molecule has 0 spiro atoms. The minimum atomic E-state index is -0.497. The van der Waals surface area contributed by atoms with Crippen molar-refractivity contribution in [2.45, 2.75) is 57.4 Å². The monoisotopic (exact) mass is 434 g/mol. The van der Waals surface area contributed by atoms with Crippen molar-refractivity contribution in [1.82, 2.24) is 4.90 Å². The van der Waals surface area contributed by atoms with Crippen molar-refractivity contribution in [3.05, 3.63) is 59.2 Å². The van der Waals surface area contributed by atoms with Gasteiger partial charge in [-0.3, -0.25) is 14.4 Å². The zero-order valence-corrected chi connectivity index (χ0v) is 18.6. The molecule has 168 valence electrons. The molecule has 2 amide bonds. The Kier molecular flexibility index (Phi) is 6.88. The maximum atomic E-state index is 12.8. The number of nitrogens with zero attached hydrogens (tertiary/aromatic N) is 1. The van der Waals surface area contributed by atoms with E-state index in [2.05, 4.69) is 11.4 Å². The quantitative estimate of drug-likeness (QED) is 0.664. The van der Waals surface area contributed by atoms with E-state index in [1.54, 1.807) is 36.3 Å². The van der Waals surface area contributed by atoms with E-state index in [0.29, 0.717) is 30.0 Å². The summed E-state index contributed by atoms with van der Waals surface area (Å²) in [6, 6.07) is 12.6. The summed E-state index contributed by atoms with van der Waals surface area (Å²) in [6.07, 6.45) is 6.18. The maximum Gasteiger partial charge on any atom is 0.247 e. The van der Waals surface area contributed by atoms with E-state index >= 15 is 0 Å². The Hall–Kier alpha value is -3.15. The van der Waals surface area contributed by atoms with Gasteiger partial charge in [0.1, 0.15) is 11.8 Å². The number of hydrogen-bond acceptors (Lipinski definition) is 4. The number of likely N-dealkylation sites (tertiary alicyclic amines) is 1. The summed E-state index contributed by atoms with van der Waals surface area (Å²) in [7, 11) is 1.59. The van der Waals surface area contributed by atoms with Gasteiger partial charge >= 0.3 is 0 Å². The third-order valence-electron chi connectivity index (χ3n) is 6.47. The molecule has 0 saturated carbocycles. The van der Waals surface area contributed by atoms with Crippen LogP contribution in [-0.4, -0.2) is 42.2 Å². The van der Waals surface area contributed by atoms with Crippen LogP contribution in [0.1, 0.15) is 60.0 Å². The number of ketones is 1. The number of benzene rings is 2. The summed E-state index contributed by atoms with van der Waals surface area (Å²) < 4.78 is 5.13. The van der Waals surface area contributed by atoms with Gasteiger partial charge in [0.05, 0.1) is 7.11 Å². The van der Waals surface area contributed by atoms with E-state index in [9.17, 15) is 14.4 Å². The Morgan fingerprint density at radius 3 is 2.47 bits per heavy atom. The molecule has 6 nitrogen and oxygen atoms in total. The number of hydrogen-bond donors (Lipinski definition) is 1. The standard InChI is InChI=1S/C26H30N2O4/c1-32-22-12-10-21(11-13-22)27-26(31)23-7-4-16-28(23)25(30)15-14-24(29)20-9-8-18-5-2-3-6-19(18)17-20/h8-13,17,23H,2-7,14-16H2,1H3,(H,27,31). The summed E-state index contributed by atoms with van der Waals surface area (Å²) in [6.45, 7) is 0.548. The van der Waals surface area contributed by atoms with Crippen LogP contribution in [0.3, 0.4) is 0 Å². The largest absolute Gasteiger partial charge is 0.497 e. The molecule has 2 aromatic rings. The zero-order valence-electron chi connectivity index (χ0n) is 18.6. The van der Waals surface area contributed by atoms with Crippen LogP contribution in [0, 0.1) is 0 Å². The topological polar surface area (TPSA) is 75.7 Å². The van der Waals surface area contributed by atoms with Gasteiger partial charge in [-0.1, -0.05) is 12.1 Å². The first-order valence-electron chi connectivity index (χ1n) is 11.4. The highest BCUT2D eigenvalue weighted by Gasteiger charge is 2.34. The lowest BCUT2D eigenvalue weighted by molar-refractivity contribution is -0.136. The normalized spacial score (nSPS) is 17.5. The second-order valence-electron chi connectivity index (χ2n) is 8.58. The first-order chi connectivity index (χ1) is 15.5. The molecule has 0 bridgehead atoms. The molecule has 2 aliphatic rings. The van der Waals surface area contributed by atoms with Gasteiger partial charge in [-0.25, -0.2) is 0 Å². The van der Waals surface area contributed by atoms with Crippen molar-refractivity contribution in [2.24, 2.45) is 0 Å². The third kappa shape index (κ3) is 5.01. The van der Waals surface area contributed by atoms with E-state index in [1.165, 1.54) is 17.5 Å². The van der Waals surface area contributed by atoms with Gasteiger partial charge in [0.2, 0.25) is 11.8 Å². The average Bonchev–Trinajstić information content (AvgIpc) is 3.33. The lowest BCUT2D eigenvalue weighted by atomic mass is 9.89. The van der Waals surface area contributed by atoms with Crippen LogP contribution in [0.2, 0.25) is 0 Å². The van der Waals surface area contributed by atoms with Crippen molar-refractivity contribution in [1.29, 1.82) is 0 Å². The molecule has 2 aromatic carbocycles. The van der Waals surface area contributed by atoms with Gasteiger partial charge in [0.15, 0.2) is 5.78 Å². The number of methoxy groups -OCH3 is 1. The fraction of sp³-hybridized carbons (Fsp3) is 0.423. The van der Waals surface area contributed by atoms with Crippen molar-refractivity contribution in [2.75, 3.05) is 19.0 Å². The first kappa shape index (κ1) is 22.1. The number of ether oxygens (including phenoxy) is 1. The molecule has 1 unspecified atom stereocenters. The number of anilines is 1. The van der Waals surface area contributed by atoms with Gasteiger partial charge in [-0.2, -0.15) is 0 Å². The number of aryl methyl sites for hydroxylation is 2. The molecule has 1 aliphatic carbocycles. The summed E-state index contributed by atoms with van der Waals surface area (Å²) >= 11 is 0. The number of fused-ring (bicyclic) bond motifs is 1. The van der Waals surface area contributed by atoms with E-state index in [4.69, 9.17) is 4.74 Å². The third-order valence-corrected chi connectivity index (χ3v) is 6.47. The minimum absolute atomic E-state index is 0.00912. The summed E-state index contributed by atoms with van der Waals surface area (Å²) in [5.74, 6) is 0.375. The van der Waals surface area contributed by atoms with Gasteiger partial charge < -0.3 is 15.0 Å². The summed E-state index contributed by atoms with van der Waals surface area (Å²) in [5.41, 5.74) is 3.96. The lowest BCUT2D eigenvalue weighted by Gasteiger charge is -2.24. The highest BCUT2D eigenvalue weighted by molar-refractivity contribution is 6.00. The highest BCUT2D eigenvalue weighted by atomic mass is 16.5. The fourth-order valence-electron chi connectivity index (χ4n) is 4.65. The summed E-state index contributed by atoms with van der Waals surface area (Å²) in [5, 5.41) is 2.88. The molecule has 0 aromatic heterocycles. The molecular weight excluding hydrogens is 404 g/mol. The Bertz CT molecular complexity index is 999. The lowest BCUT2D eigenvalue weighted by Crippen LogP contribution is -2.43. The van der Waals surface area contributed by atoms with Crippen molar-refractivity contribution < 1.29 is 19.1 Å². The van der Waals surface area contributed by atoms with Crippen molar-refractivity contribution in [3.8, 4) is 5.75 Å². The fourth-order valence-corrected chi connectivity index (χ4v) is 4.65. The molecule has 6 heteroatoms. The second-order valence-corrected chi connectivity index (χ2v) is 8.58. The molecule has 4 rings (SSSR count). The van der Waals surface area contributed by atoms with Crippen LogP contribution in [0.15, 0.2) is 42.5 Å². The molecule has 32 heavy (non-hydrogen) atoms. The van der Waals surface area contributed by atoms with E-state index in [-0.39, 0.29) is 30.4 Å². The Labute approximate surface area is 188 Å². The minimum Gasteiger partial charge on any atom is -0.497 e. The smallest absolute Gasteiger partial charge is 0.247 e. The van der Waals surface area contributed by atoms with Crippen molar-refractivity contribution >= 4 is 23.3 Å². The number of nitrogens with one attached hydrogen (secondary N) is 1. The van der Waals surface area contributed by atoms with Crippen LogP contribution in [-0.2, 0) is 22.4 Å². The van der Waals surface area contributed by atoms with Gasteiger partial charge in [-0.15, -0.1) is 0 Å². The molecule has 1 saturated heterocycles. The molecule has 1 heterocycles. The first-order valence-corrected chi connectivity index (χ1v) is 11.4. The molecular formula is C26H30N2O4. The molecule has 1 aliphatic heterocycles. The van der Waals surface area contributed by atoms with Crippen LogP contribution in [0.25, 0.3) is 0 Å². The molecule has 1 atom stereocenters. The van der Waals surface area contributed by atoms with Gasteiger partial charge in [0, 0.05) is 30.6 Å². The average molecular weight is 435 g/mol. The predicted octanol–water partition coefficient (Wildman–Crippen LogP) is 4.17. The SMILES string of the molecule is COc1ccc(NC(=O)C2CCCN2C(=O)CCC(=O)c2ccc3c(c2)CCCC3)cc1. The van der Waals surface area contributed by atoms with Crippen LogP contribution < -0.4 is 10.1 Å². The van der Waals surface area contributed by atoms with Crippen LogP contribution in [0.5, 0.6) is 5.75 Å². The zero-order chi connectivity index (χ0) is 22.5. The molecule has 1 N–H and O–H groups in total. The Morgan fingerprint density at radius 2 is 1.72 bits per heavy atom. The number of carbonyl (C=O) groups is 3. The van der Waals surface area contributed by atoms with Gasteiger partial charge in [-0.05, 0) is 80.0 Å².